The highest BCUT2D eigenvalue weighted by Crippen LogP contribution is 2.25. The van der Waals surface area contributed by atoms with Crippen LogP contribution in [0.3, 0.4) is 0 Å². The molecule has 3 rings (SSSR count). The van der Waals surface area contributed by atoms with Crippen molar-refractivity contribution in [2.24, 2.45) is 0 Å². The molecule has 2 amide bonds. The number of benzene rings is 2. The molecule has 8 nitrogen and oxygen atoms in total. The van der Waals surface area contributed by atoms with Crippen molar-refractivity contribution in [2.45, 2.75) is 43.7 Å². The summed E-state index contributed by atoms with van der Waals surface area (Å²) in [4.78, 5) is 26.1. The lowest BCUT2D eigenvalue weighted by Crippen LogP contribution is -2.57. The Bertz CT molecular complexity index is 1130. The van der Waals surface area contributed by atoms with Crippen LogP contribution in [0.1, 0.15) is 26.3 Å². The molecule has 1 aliphatic rings. The highest BCUT2D eigenvalue weighted by atomic mass is 32.2. The summed E-state index contributed by atoms with van der Waals surface area (Å²) < 4.78 is 33.7. The van der Waals surface area contributed by atoms with Gasteiger partial charge in [0.05, 0.1) is 10.9 Å². The number of carbonyl (C=O) groups is 2. The van der Waals surface area contributed by atoms with Gasteiger partial charge in [0.15, 0.2) is 0 Å². The number of ether oxygens (including phenoxy) is 1. The maximum atomic E-state index is 13.4. The third-order valence-electron chi connectivity index (χ3n) is 5.33. The fourth-order valence-corrected chi connectivity index (χ4v) is 5.19. The van der Waals surface area contributed by atoms with E-state index in [4.69, 9.17) is 4.74 Å². The van der Waals surface area contributed by atoms with E-state index in [1.54, 1.807) is 25.7 Å². The van der Waals surface area contributed by atoms with Crippen LogP contribution in [0, 0.1) is 0 Å². The topological polar surface area (TPSA) is 96.0 Å². The van der Waals surface area contributed by atoms with E-state index in [9.17, 15) is 18.0 Å². The van der Waals surface area contributed by atoms with Crippen molar-refractivity contribution in [2.75, 3.05) is 25.0 Å². The summed E-state index contributed by atoms with van der Waals surface area (Å²) in [7, 11) is -3.80. The zero-order chi connectivity index (χ0) is 24.9. The number of hydrogen-bond acceptors (Lipinski definition) is 5. The lowest BCUT2D eigenvalue weighted by Gasteiger charge is -2.41. The van der Waals surface area contributed by atoms with Gasteiger partial charge in [0.1, 0.15) is 5.60 Å². The van der Waals surface area contributed by atoms with Crippen molar-refractivity contribution in [3.05, 3.63) is 72.8 Å². The quantitative estimate of drug-likeness (QED) is 0.630. The van der Waals surface area contributed by atoms with E-state index in [-0.39, 0.29) is 36.5 Å². The van der Waals surface area contributed by atoms with Crippen LogP contribution in [0.4, 0.5) is 10.5 Å². The summed E-state index contributed by atoms with van der Waals surface area (Å²) in [5.74, 6) is -0.377. The Morgan fingerprint density at radius 2 is 1.74 bits per heavy atom. The molecular weight excluding hydrogens is 454 g/mol. The lowest BCUT2D eigenvalue weighted by atomic mass is 10.0. The molecule has 0 aliphatic carbocycles. The molecule has 1 fully saturated rings. The van der Waals surface area contributed by atoms with E-state index in [1.807, 2.05) is 30.3 Å². The number of rotatable bonds is 6. The molecule has 1 heterocycles. The van der Waals surface area contributed by atoms with Crippen LogP contribution in [0.15, 0.2) is 72.1 Å². The summed E-state index contributed by atoms with van der Waals surface area (Å²) in [5.41, 5.74) is 0.823. The maximum Gasteiger partial charge on any atom is 0.410 e. The Morgan fingerprint density at radius 3 is 2.32 bits per heavy atom. The zero-order valence-electron chi connectivity index (χ0n) is 19.7. The first kappa shape index (κ1) is 25.5. The third kappa shape index (κ3) is 6.45. The van der Waals surface area contributed by atoms with Gasteiger partial charge in [-0.2, -0.15) is 4.31 Å². The molecule has 1 aliphatic heterocycles. The predicted molar refractivity (Wildman–Crippen MR) is 131 cm³/mol. The molecule has 1 unspecified atom stereocenters. The minimum atomic E-state index is -3.80. The number of anilines is 1. The number of hydrogen-bond donors (Lipinski definition) is 1. The fraction of sp³-hybridized carbons (Fsp3) is 0.360. The van der Waals surface area contributed by atoms with Crippen molar-refractivity contribution in [1.29, 1.82) is 0 Å². The van der Waals surface area contributed by atoms with Crippen LogP contribution in [0.5, 0.6) is 0 Å². The summed E-state index contributed by atoms with van der Waals surface area (Å²) in [6, 6.07) is 15.3. The summed E-state index contributed by atoms with van der Waals surface area (Å²) in [6.07, 6.45) is 1.19. The van der Waals surface area contributed by atoms with E-state index < -0.39 is 21.7 Å². The molecule has 34 heavy (non-hydrogen) atoms. The van der Waals surface area contributed by atoms with Gasteiger partial charge in [-0.15, -0.1) is 0 Å². The molecule has 1 saturated heterocycles. The molecule has 0 bridgehead atoms. The molecule has 182 valence electrons. The summed E-state index contributed by atoms with van der Waals surface area (Å²) in [6.45, 7) is 9.33. The average molecular weight is 486 g/mol. The van der Waals surface area contributed by atoms with E-state index >= 15 is 0 Å². The largest absolute Gasteiger partial charge is 0.444 e. The average Bonchev–Trinajstić information content (AvgIpc) is 2.79. The van der Waals surface area contributed by atoms with Crippen LogP contribution < -0.4 is 5.32 Å². The highest BCUT2D eigenvalue weighted by Gasteiger charge is 2.38. The smallest absolute Gasteiger partial charge is 0.410 e. The molecule has 0 saturated carbocycles. The lowest BCUT2D eigenvalue weighted by molar-refractivity contribution is -0.111. The van der Waals surface area contributed by atoms with Gasteiger partial charge in [0.25, 0.3) is 0 Å². The molecule has 9 heteroatoms. The van der Waals surface area contributed by atoms with Crippen LogP contribution in [0.25, 0.3) is 0 Å². The van der Waals surface area contributed by atoms with Crippen molar-refractivity contribution < 1.29 is 22.7 Å². The molecule has 2 aromatic carbocycles. The second-order valence-corrected chi connectivity index (χ2v) is 11.0. The summed E-state index contributed by atoms with van der Waals surface area (Å²) >= 11 is 0. The van der Waals surface area contributed by atoms with Crippen LogP contribution in [0.2, 0.25) is 0 Å². The van der Waals surface area contributed by atoms with E-state index in [2.05, 4.69) is 11.9 Å². The van der Waals surface area contributed by atoms with E-state index in [1.165, 1.54) is 28.6 Å². The highest BCUT2D eigenvalue weighted by molar-refractivity contribution is 7.89. The molecule has 0 spiro atoms. The Morgan fingerprint density at radius 1 is 1.09 bits per heavy atom. The fourth-order valence-electron chi connectivity index (χ4n) is 3.72. The SMILES string of the molecule is C=CC(=O)Nc1ccc(S(=O)(=O)N2CCN(C(=O)OC(C)(C)C)C(Cc3ccccc3)C2)cc1. The number of nitrogens with zero attached hydrogens (tertiary/aromatic N) is 2. The molecule has 0 radical (unpaired) electrons. The van der Waals surface area contributed by atoms with Crippen molar-refractivity contribution in [1.82, 2.24) is 9.21 Å². The van der Waals surface area contributed by atoms with Gasteiger partial charge >= 0.3 is 6.09 Å². The zero-order valence-corrected chi connectivity index (χ0v) is 20.5. The van der Waals surface area contributed by atoms with E-state index in [0.29, 0.717) is 12.1 Å². The van der Waals surface area contributed by atoms with Crippen molar-refractivity contribution in [3.8, 4) is 0 Å². The molecular formula is C25H31N3O5S. The normalized spacial score (nSPS) is 17.1. The van der Waals surface area contributed by atoms with E-state index in [0.717, 1.165) is 11.6 Å². The third-order valence-corrected chi connectivity index (χ3v) is 7.21. The second-order valence-electron chi connectivity index (χ2n) is 9.10. The Hall–Kier alpha value is -3.17. The number of carbonyl (C=O) groups excluding carboxylic acids is 2. The second kappa shape index (κ2) is 10.4. The van der Waals surface area contributed by atoms with Crippen molar-refractivity contribution in [3.63, 3.8) is 0 Å². The molecule has 0 aromatic heterocycles. The van der Waals surface area contributed by atoms with Crippen molar-refractivity contribution >= 4 is 27.7 Å². The maximum absolute atomic E-state index is 13.4. The van der Waals surface area contributed by atoms with Crippen LogP contribution in [-0.2, 0) is 26.0 Å². The standard InChI is InChI=1S/C25H31N3O5S/c1-5-23(29)26-20-11-13-22(14-12-20)34(31,32)27-15-16-28(24(30)33-25(2,3)4)21(18-27)17-19-9-7-6-8-10-19/h5-14,21H,1,15-18H2,2-4H3,(H,26,29). The minimum absolute atomic E-state index is 0.119. The first-order valence-electron chi connectivity index (χ1n) is 11.1. The predicted octanol–water partition coefficient (Wildman–Crippen LogP) is 3.66. The minimum Gasteiger partial charge on any atom is -0.444 e. The number of piperazine rings is 1. The van der Waals surface area contributed by atoms with Gasteiger partial charge in [-0.3, -0.25) is 4.79 Å². The van der Waals surface area contributed by atoms with Crippen LogP contribution in [-0.4, -0.2) is 60.9 Å². The molecule has 1 atom stereocenters. The van der Waals surface area contributed by atoms with Gasteiger partial charge in [-0.25, -0.2) is 13.2 Å². The Balaban J connectivity index is 1.82. The van der Waals surface area contributed by atoms with Crippen LogP contribution >= 0.6 is 0 Å². The van der Waals surface area contributed by atoms with Gasteiger partial charge in [0.2, 0.25) is 15.9 Å². The first-order chi connectivity index (χ1) is 16.0. The van der Waals surface area contributed by atoms with Gasteiger partial charge in [0, 0.05) is 25.3 Å². The Labute approximate surface area is 201 Å². The number of amides is 2. The van der Waals surface area contributed by atoms with Gasteiger partial charge in [-0.1, -0.05) is 36.9 Å². The molecule has 2 aromatic rings. The monoisotopic (exact) mass is 485 g/mol. The molecule has 1 N–H and O–H groups in total. The van der Waals surface area contributed by atoms with Gasteiger partial charge in [-0.05, 0) is 63.1 Å². The number of sulfonamides is 1. The number of nitrogens with one attached hydrogen (secondary N) is 1. The first-order valence-corrected chi connectivity index (χ1v) is 12.5. The summed E-state index contributed by atoms with van der Waals surface area (Å²) in [5, 5.41) is 2.60. The Kier molecular flexibility index (Phi) is 7.78. The van der Waals surface area contributed by atoms with Gasteiger partial charge < -0.3 is 15.0 Å².